The maximum atomic E-state index is 12.4. The predicted molar refractivity (Wildman–Crippen MR) is 88.2 cm³/mol. The lowest BCUT2D eigenvalue weighted by molar-refractivity contribution is -0.140. The minimum absolute atomic E-state index is 0.0846. The molecule has 0 aliphatic carbocycles. The van der Waals surface area contributed by atoms with Crippen LogP contribution in [0.5, 0.6) is 0 Å². The summed E-state index contributed by atoms with van der Waals surface area (Å²) in [4.78, 5) is 32.8. The van der Waals surface area contributed by atoms with Gasteiger partial charge in [-0.1, -0.05) is 30.3 Å². The number of hydrogen-bond donors (Lipinski definition) is 2. The second-order valence-corrected chi connectivity index (χ2v) is 6.73. The molecule has 1 unspecified atom stereocenters. The zero-order valence-electron chi connectivity index (χ0n) is 12.8. The van der Waals surface area contributed by atoms with Crippen LogP contribution in [0.3, 0.4) is 0 Å². The van der Waals surface area contributed by atoms with E-state index in [1.807, 2.05) is 12.1 Å². The molecule has 0 heterocycles. The Bertz CT molecular complexity index is 964. The normalized spacial score (nSPS) is 12.2. The number of nitrogens with two attached hydrogens (primary N) is 1. The Morgan fingerprint density at radius 2 is 1.88 bits per heavy atom. The van der Waals surface area contributed by atoms with Crippen molar-refractivity contribution in [3.8, 4) is 0 Å². The predicted octanol–water partition coefficient (Wildman–Crippen LogP) is 0.251. The molecule has 3 N–H and O–H groups in total. The van der Waals surface area contributed by atoms with Crippen LogP contribution in [-0.2, 0) is 29.1 Å². The van der Waals surface area contributed by atoms with Gasteiger partial charge in [0.05, 0.1) is 11.3 Å². The second-order valence-electron chi connectivity index (χ2n) is 5.01. The molecular formula is C16H14N2O6S. The highest BCUT2D eigenvalue weighted by Gasteiger charge is 2.27. The van der Waals surface area contributed by atoms with Gasteiger partial charge >= 0.3 is 5.97 Å². The lowest BCUT2D eigenvalue weighted by Gasteiger charge is -2.14. The number of fused-ring (bicyclic) bond motifs is 1. The first-order valence-electron chi connectivity index (χ1n) is 7.03. The summed E-state index contributed by atoms with van der Waals surface area (Å²) in [5, 5.41) is 1.54. The van der Waals surface area contributed by atoms with Crippen LogP contribution in [0.2, 0.25) is 0 Å². The maximum absolute atomic E-state index is 12.4. The number of primary amides is 1. The fourth-order valence-electron chi connectivity index (χ4n) is 2.09. The van der Waals surface area contributed by atoms with Crippen molar-refractivity contribution in [3.63, 3.8) is 0 Å². The lowest BCUT2D eigenvalue weighted by Crippen LogP contribution is -2.45. The van der Waals surface area contributed by atoms with E-state index in [-0.39, 0.29) is 4.90 Å². The van der Waals surface area contributed by atoms with Crippen LogP contribution in [0.4, 0.5) is 0 Å². The molecule has 0 saturated heterocycles. The number of esters is 1. The molecular weight excluding hydrogens is 348 g/mol. The van der Waals surface area contributed by atoms with Crippen molar-refractivity contribution in [2.45, 2.75) is 17.4 Å². The first-order chi connectivity index (χ1) is 11.8. The molecule has 0 aromatic heterocycles. The van der Waals surface area contributed by atoms with Crippen LogP contribution in [-0.4, -0.2) is 32.3 Å². The van der Waals surface area contributed by atoms with Crippen molar-refractivity contribution in [1.82, 2.24) is 4.72 Å². The van der Waals surface area contributed by atoms with Crippen LogP contribution in [0.15, 0.2) is 53.6 Å². The monoisotopic (exact) mass is 362 g/mol. The van der Waals surface area contributed by atoms with Gasteiger partial charge in [-0.05, 0) is 22.9 Å². The summed E-state index contributed by atoms with van der Waals surface area (Å²) >= 11 is 0. The highest BCUT2D eigenvalue weighted by Crippen LogP contribution is 2.19. The van der Waals surface area contributed by atoms with Crippen LogP contribution in [0.1, 0.15) is 6.42 Å². The van der Waals surface area contributed by atoms with Crippen molar-refractivity contribution < 1.29 is 27.5 Å². The molecule has 1 atom stereocenters. The SMILES string of the molecule is NC(=O)C(CC(=O)OC=C=O)NS(=O)(=O)c1ccc2ccccc2c1. The fraction of sp³-hybridized carbons (Fsp3) is 0.125. The molecule has 9 heteroatoms. The molecule has 0 saturated carbocycles. The van der Waals surface area contributed by atoms with Gasteiger partial charge < -0.3 is 10.5 Å². The van der Waals surface area contributed by atoms with Crippen LogP contribution in [0, 0.1) is 0 Å². The van der Waals surface area contributed by atoms with E-state index < -0.39 is 34.4 Å². The van der Waals surface area contributed by atoms with E-state index in [4.69, 9.17) is 5.73 Å². The molecule has 8 nitrogen and oxygen atoms in total. The fourth-order valence-corrected chi connectivity index (χ4v) is 3.33. The Morgan fingerprint density at radius 1 is 1.20 bits per heavy atom. The Labute approximate surface area is 143 Å². The van der Waals surface area contributed by atoms with Crippen molar-refractivity contribution in [3.05, 3.63) is 48.7 Å². The summed E-state index contributed by atoms with van der Waals surface area (Å²) in [5.41, 5.74) is 5.13. The number of sulfonamides is 1. The van der Waals surface area contributed by atoms with E-state index in [1.54, 1.807) is 18.2 Å². The molecule has 0 aliphatic heterocycles. The number of carbonyl (C=O) groups excluding carboxylic acids is 3. The molecule has 0 fully saturated rings. The Kier molecular flexibility index (Phi) is 5.66. The lowest BCUT2D eigenvalue weighted by atomic mass is 10.1. The number of rotatable bonds is 7. The van der Waals surface area contributed by atoms with Gasteiger partial charge in [-0.25, -0.2) is 13.2 Å². The number of ether oxygens (including phenoxy) is 1. The third-order valence-corrected chi connectivity index (χ3v) is 4.75. The van der Waals surface area contributed by atoms with Gasteiger partial charge in [0.1, 0.15) is 6.04 Å². The van der Waals surface area contributed by atoms with Crippen molar-refractivity contribution in [2.75, 3.05) is 0 Å². The average Bonchev–Trinajstić information content (AvgIpc) is 2.58. The summed E-state index contributed by atoms with van der Waals surface area (Å²) in [6.45, 7) is 0. The van der Waals surface area contributed by atoms with Gasteiger partial charge in [-0.3, -0.25) is 9.59 Å². The van der Waals surface area contributed by atoms with Crippen LogP contribution >= 0.6 is 0 Å². The van der Waals surface area contributed by atoms with E-state index in [2.05, 4.69) is 9.46 Å². The first-order valence-corrected chi connectivity index (χ1v) is 8.51. The quantitative estimate of drug-likeness (QED) is 0.412. The molecule has 2 rings (SSSR count). The van der Waals surface area contributed by atoms with Gasteiger partial charge in [0.25, 0.3) is 0 Å². The summed E-state index contributed by atoms with van der Waals surface area (Å²) in [5.74, 6) is -0.846. The third kappa shape index (κ3) is 4.74. The summed E-state index contributed by atoms with van der Waals surface area (Å²) in [7, 11) is -4.11. The summed E-state index contributed by atoms with van der Waals surface area (Å²) < 4.78 is 31.3. The topological polar surface area (TPSA) is 133 Å². The highest BCUT2D eigenvalue weighted by atomic mass is 32.2. The Morgan fingerprint density at radius 3 is 2.52 bits per heavy atom. The van der Waals surface area contributed by atoms with Crippen LogP contribution in [0.25, 0.3) is 10.8 Å². The average molecular weight is 362 g/mol. The number of amides is 1. The highest BCUT2D eigenvalue weighted by molar-refractivity contribution is 7.89. The van der Waals surface area contributed by atoms with Gasteiger partial charge in [-0.2, -0.15) is 4.72 Å². The molecule has 2 aromatic rings. The maximum Gasteiger partial charge on any atom is 0.313 e. The molecule has 0 aliphatic rings. The molecule has 1 amide bonds. The zero-order chi connectivity index (χ0) is 18.4. The molecule has 0 radical (unpaired) electrons. The largest absolute Gasteiger partial charge is 0.422 e. The Hall–Kier alpha value is -3.00. The zero-order valence-corrected chi connectivity index (χ0v) is 13.7. The van der Waals surface area contributed by atoms with E-state index in [9.17, 15) is 22.8 Å². The minimum atomic E-state index is -4.11. The number of hydrogen-bond acceptors (Lipinski definition) is 6. The van der Waals surface area contributed by atoms with E-state index in [0.29, 0.717) is 11.6 Å². The van der Waals surface area contributed by atoms with Gasteiger partial charge in [-0.15, -0.1) is 0 Å². The molecule has 130 valence electrons. The molecule has 0 bridgehead atoms. The van der Waals surface area contributed by atoms with Crippen molar-refractivity contribution >= 4 is 38.6 Å². The number of benzene rings is 2. The van der Waals surface area contributed by atoms with E-state index >= 15 is 0 Å². The minimum Gasteiger partial charge on any atom is -0.422 e. The number of nitrogens with one attached hydrogen (secondary N) is 1. The first kappa shape index (κ1) is 18.3. The van der Waals surface area contributed by atoms with Crippen molar-refractivity contribution in [1.29, 1.82) is 0 Å². The molecule has 0 spiro atoms. The van der Waals surface area contributed by atoms with E-state index in [1.165, 1.54) is 18.1 Å². The van der Waals surface area contributed by atoms with Gasteiger partial charge in [0, 0.05) is 0 Å². The number of carbonyl (C=O) groups is 2. The second kappa shape index (κ2) is 7.71. The standard InChI is InChI=1S/C16H14N2O6S/c17-16(21)14(10-15(20)24-8-7-19)18-25(22,23)13-6-5-11-3-1-2-4-12(11)9-13/h1-6,8-9,14,18H,10H2,(H2,17,21). The summed E-state index contributed by atoms with van der Waals surface area (Å²) in [6.07, 6.45) is -0.210. The van der Waals surface area contributed by atoms with E-state index in [0.717, 1.165) is 5.39 Å². The van der Waals surface area contributed by atoms with Gasteiger partial charge in [0.15, 0.2) is 12.2 Å². The summed E-state index contributed by atoms with van der Waals surface area (Å²) in [6, 6.07) is 10.0. The van der Waals surface area contributed by atoms with Crippen molar-refractivity contribution in [2.24, 2.45) is 5.73 Å². The third-order valence-electron chi connectivity index (χ3n) is 3.28. The molecule has 2 aromatic carbocycles. The Balaban J connectivity index is 2.24. The molecule has 25 heavy (non-hydrogen) atoms. The van der Waals surface area contributed by atoms with Gasteiger partial charge in [0.2, 0.25) is 15.9 Å². The van der Waals surface area contributed by atoms with Crippen LogP contribution < -0.4 is 10.5 Å². The smallest absolute Gasteiger partial charge is 0.313 e.